The number of halogens is 3. The normalized spacial score (nSPS) is 12.4. The second-order valence-electron chi connectivity index (χ2n) is 4.52. The molecule has 0 aliphatic carbocycles. The number of hydrogen-bond donors (Lipinski definition) is 2. The molecule has 0 heterocycles. The molecule has 3 N–H and O–H groups in total. The van der Waals surface area contributed by atoms with E-state index in [1.54, 1.807) is 12.1 Å². The molecular weight excluding hydrogens is 314 g/mol. The van der Waals surface area contributed by atoms with Crippen molar-refractivity contribution in [2.45, 2.75) is 17.4 Å². The van der Waals surface area contributed by atoms with Crippen LogP contribution in [0.5, 0.6) is 0 Å². The Morgan fingerprint density at radius 3 is 2.62 bits per heavy atom. The maximum Gasteiger partial charge on any atom is 0.162 e. The van der Waals surface area contributed by atoms with Gasteiger partial charge in [0, 0.05) is 16.7 Å². The van der Waals surface area contributed by atoms with E-state index in [0.29, 0.717) is 22.8 Å². The summed E-state index contributed by atoms with van der Waals surface area (Å²) >= 11 is 7.59. The molecule has 21 heavy (non-hydrogen) atoms. The number of nitrogens with one attached hydrogen (secondary N) is 1. The first-order chi connectivity index (χ1) is 10.1. The molecule has 0 bridgehead atoms. The van der Waals surface area contributed by atoms with E-state index < -0.39 is 11.6 Å². The zero-order valence-electron chi connectivity index (χ0n) is 11.2. The minimum Gasteiger partial charge on any atom is -0.271 e. The summed E-state index contributed by atoms with van der Waals surface area (Å²) in [4.78, 5) is 0.930. The molecule has 0 aromatic heterocycles. The van der Waals surface area contributed by atoms with Gasteiger partial charge >= 0.3 is 0 Å². The highest BCUT2D eigenvalue weighted by atomic mass is 35.5. The monoisotopic (exact) mass is 328 g/mol. The second kappa shape index (κ2) is 7.75. The summed E-state index contributed by atoms with van der Waals surface area (Å²) in [5, 5.41) is 0.662. The highest BCUT2D eigenvalue weighted by molar-refractivity contribution is 7.99. The van der Waals surface area contributed by atoms with Gasteiger partial charge in [0.25, 0.3) is 0 Å². The van der Waals surface area contributed by atoms with Gasteiger partial charge in [0.2, 0.25) is 0 Å². The van der Waals surface area contributed by atoms with Gasteiger partial charge in [0.1, 0.15) is 0 Å². The highest BCUT2D eigenvalue weighted by Crippen LogP contribution is 2.27. The fourth-order valence-electron chi connectivity index (χ4n) is 1.89. The van der Waals surface area contributed by atoms with Crippen LogP contribution < -0.4 is 11.3 Å². The van der Waals surface area contributed by atoms with E-state index in [-0.39, 0.29) is 6.04 Å². The van der Waals surface area contributed by atoms with Crippen LogP contribution in [0.3, 0.4) is 0 Å². The van der Waals surface area contributed by atoms with Crippen LogP contribution >= 0.6 is 23.4 Å². The van der Waals surface area contributed by atoms with Crippen molar-refractivity contribution >= 4 is 23.4 Å². The van der Waals surface area contributed by atoms with E-state index >= 15 is 0 Å². The molecule has 0 saturated heterocycles. The van der Waals surface area contributed by atoms with Gasteiger partial charge < -0.3 is 0 Å². The predicted molar refractivity (Wildman–Crippen MR) is 83.3 cm³/mol. The molecule has 0 aliphatic heterocycles. The van der Waals surface area contributed by atoms with Crippen molar-refractivity contribution in [2.75, 3.05) is 5.75 Å². The third kappa shape index (κ3) is 4.41. The lowest BCUT2D eigenvalue weighted by Gasteiger charge is -2.16. The Bertz CT molecular complexity index is 610. The van der Waals surface area contributed by atoms with Gasteiger partial charge in [-0.05, 0) is 30.2 Å². The number of hydrazine groups is 1. The quantitative estimate of drug-likeness (QED) is 0.481. The Hall–Kier alpha value is -1.14. The molecule has 0 radical (unpaired) electrons. The van der Waals surface area contributed by atoms with Gasteiger partial charge in [-0.2, -0.15) is 0 Å². The number of benzene rings is 2. The molecule has 2 aromatic rings. The predicted octanol–water partition coefficient (Wildman–Crippen LogP) is 3.78. The number of rotatable bonds is 6. The first-order valence-corrected chi connectivity index (χ1v) is 7.74. The highest BCUT2D eigenvalue weighted by Gasteiger charge is 2.14. The minimum absolute atomic E-state index is 0.192. The Labute approximate surface area is 131 Å². The summed E-state index contributed by atoms with van der Waals surface area (Å²) in [6, 6.07) is 11.4. The smallest absolute Gasteiger partial charge is 0.162 e. The topological polar surface area (TPSA) is 38.0 Å². The van der Waals surface area contributed by atoms with Crippen molar-refractivity contribution < 1.29 is 8.78 Å². The third-order valence-corrected chi connectivity index (χ3v) is 4.69. The first-order valence-electron chi connectivity index (χ1n) is 6.38. The van der Waals surface area contributed by atoms with Crippen LogP contribution in [0.4, 0.5) is 8.78 Å². The molecule has 1 unspecified atom stereocenters. The van der Waals surface area contributed by atoms with Crippen LogP contribution in [0, 0.1) is 11.6 Å². The zero-order valence-corrected chi connectivity index (χ0v) is 12.7. The third-order valence-electron chi connectivity index (χ3n) is 3.01. The molecule has 1 atom stereocenters. The Balaban J connectivity index is 2.01. The minimum atomic E-state index is -0.845. The molecule has 0 fully saturated rings. The van der Waals surface area contributed by atoms with Crippen molar-refractivity contribution in [1.29, 1.82) is 0 Å². The Morgan fingerprint density at radius 1 is 1.14 bits per heavy atom. The van der Waals surface area contributed by atoms with E-state index in [0.717, 1.165) is 11.0 Å². The van der Waals surface area contributed by atoms with Gasteiger partial charge in [-0.3, -0.25) is 11.3 Å². The van der Waals surface area contributed by atoms with Crippen LogP contribution in [0.1, 0.15) is 5.56 Å². The number of nitrogens with two attached hydrogens (primary N) is 1. The van der Waals surface area contributed by atoms with Crippen LogP contribution in [0.2, 0.25) is 5.02 Å². The summed E-state index contributed by atoms with van der Waals surface area (Å²) in [7, 11) is 0. The standard InChI is InChI=1S/C15H15ClF2N2S/c16-12-5-1-2-7-14(12)21-9-11(20-19)8-10-4-3-6-13(17)15(10)18/h1-7,11,20H,8-9,19H2. The summed E-state index contributed by atoms with van der Waals surface area (Å²) in [6.07, 6.45) is 0.303. The van der Waals surface area contributed by atoms with Crippen molar-refractivity contribution in [3.63, 3.8) is 0 Å². The largest absolute Gasteiger partial charge is 0.271 e. The average Bonchev–Trinajstić information content (AvgIpc) is 2.49. The summed E-state index contributed by atoms with van der Waals surface area (Å²) in [6.45, 7) is 0. The maximum atomic E-state index is 13.7. The summed E-state index contributed by atoms with van der Waals surface area (Å²) in [5.41, 5.74) is 2.94. The molecule has 2 nitrogen and oxygen atoms in total. The van der Waals surface area contributed by atoms with E-state index in [4.69, 9.17) is 17.4 Å². The molecule has 0 aliphatic rings. The Morgan fingerprint density at radius 2 is 1.90 bits per heavy atom. The van der Waals surface area contributed by atoms with Gasteiger partial charge in [-0.25, -0.2) is 8.78 Å². The second-order valence-corrected chi connectivity index (χ2v) is 5.99. The number of thioether (sulfide) groups is 1. The Kier molecular flexibility index (Phi) is 5.99. The SMILES string of the molecule is NNC(CSc1ccccc1Cl)Cc1cccc(F)c1F. The van der Waals surface area contributed by atoms with Crippen LogP contribution in [0.25, 0.3) is 0 Å². The van der Waals surface area contributed by atoms with Crippen LogP contribution in [0.15, 0.2) is 47.4 Å². The lowest BCUT2D eigenvalue weighted by Crippen LogP contribution is -2.38. The summed E-state index contributed by atoms with van der Waals surface area (Å²) < 4.78 is 26.8. The first kappa shape index (κ1) is 16.2. The van der Waals surface area contributed by atoms with Gasteiger partial charge in [0.05, 0.1) is 5.02 Å². The van der Waals surface area contributed by atoms with Crippen LogP contribution in [-0.2, 0) is 6.42 Å². The zero-order chi connectivity index (χ0) is 15.2. The van der Waals surface area contributed by atoms with Crippen molar-refractivity contribution in [1.82, 2.24) is 5.43 Å². The molecule has 0 spiro atoms. The van der Waals surface area contributed by atoms with E-state index in [1.165, 1.54) is 17.8 Å². The molecular formula is C15H15ClF2N2S. The van der Waals surface area contributed by atoms with E-state index in [1.807, 2.05) is 18.2 Å². The van der Waals surface area contributed by atoms with Crippen LogP contribution in [-0.4, -0.2) is 11.8 Å². The van der Waals surface area contributed by atoms with Gasteiger partial charge in [0.15, 0.2) is 11.6 Å². The fraction of sp³-hybridized carbons (Fsp3) is 0.200. The lowest BCUT2D eigenvalue weighted by molar-refractivity contribution is 0.486. The van der Waals surface area contributed by atoms with Gasteiger partial charge in [-0.15, -0.1) is 11.8 Å². The van der Waals surface area contributed by atoms with Crippen molar-refractivity contribution in [3.05, 3.63) is 64.7 Å². The fourth-order valence-corrected chi connectivity index (χ4v) is 3.16. The molecule has 112 valence electrons. The summed E-state index contributed by atoms with van der Waals surface area (Å²) in [5.74, 6) is 4.43. The van der Waals surface area contributed by atoms with E-state index in [9.17, 15) is 8.78 Å². The average molecular weight is 329 g/mol. The molecule has 0 saturated carbocycles. The molecule has 6 heteroatoms. The molecule has 2 aromatic carbocycles. The molecule has 2 rings (SSSR count). The van der Waals surface area contributed by atoms with E-state index in [2.05, 4.69) is 5.43 Å². The molecule has 0 amide bonds. The van der Waals surface area contributed by atoms with Crippen molar-refractivity contribution in [3.8, 4) is 0 Å². The lowest BCUT2D eigenvalue weighted by atomic mass is 10.1. The van der Waals surface area contributed by atoms with Crippen molar-refractivity contribution in [2.24, 2.45) is 5.84 Å². The maximum absolute atomic E-state index is 13.7. The number of hydrogen-bond acceptors (Lipinski definition) is 3. The van der Waals surface area contributed by atoms with Gasteiger partial charge in [-0.1, -0.05) is 35.9 Å².